The Kier molecular flexibility index (Phi) is 6.78. The number of nitrogens with two attached hydrogens (primary N) is 1. The predicted molar refractivity (Wildman–Crippen MR) is 142 cm³/mol. The number of hydrogen-bond acceptors (Lipinski definition) is 10. The number of Topliss-reactive ketones (excluding diaryl/α,β-unsaturated/α-hetero) is 2. The van der Waals surface area contributed by atoms with Crippen LogP contribution in [0.1, 0.15) is 56.4 Å². The van der Waals surface area contributed by atoms with Crippen molar-refractivity contribution in [1.29, 1.82) is 0 Å². The predicted octanol–water partition coefficient (Wildman–Crippen LogP) is 1.02. The molecule has 11 heteroatoms. The molecule has 210 valence electrons. The molecule has 1 aromatic rings. The Labute approximate surface area is 226 Å². The van der Waals surface area contributed by atoms with Crippen molar-refractivity contribution >= 4 is 28.9 Å². The molecule has 0 saturated heterocycles. The molecule has 1 aromatic carbocycles. The maximum absolute atomic E-state index is 14.0. The average molecular weight is 542 g/mol. The molecular weight excluding hydrogens is 506 g/mol. The summed E-state index contributed by atoms with van der Waals surface area (Å²) in [5.74, 6) is -6.95. The second kappa shape index (κ2) is 9.29. The second-order valence-electron chi connectivity index (χ2n) is 11.8. The van der Waals surface area contributed by atoms with Crippen molar-refractivity contribution in [2.75, 3.05) is 20.8 Å². The molecule has 0 unspecified atom stereocenters. The van der Waals surface area contributed by atoms with Gasteiger partial charge in [0.25, 0.3) is 5.91 Å². The largest absolute Gasteiger partial charge is 0.508 e. The number of phenols is 1. The third-order valence-corrected chi connectivity index (χ3v) is 8.23. The van der Waals surface area contributed by atoms with Gasteiger partial charge in [-0.3, -0.25) is 24.3 Å². The number of fused-ring (bicyclic) bond motifs is 3. The van der Waals surface area contributed by atoms with Gasteiger partial charge < -0.3 is 31.3 Å². The van der Waals surface area contributed by atoms with Crippen molar-refractivity contribution in [2.45, 2.75) is 57.6 Å². The van der Waals surface area contributed by atoms with Crippen LogP contribution in [-0.4, -0.2) is 86.1 Å². The van der Waals surface area contributed by atoms with E-state index in [2.05, 4.69) is 4.99 Å². The van der Waals surface area contributed by atoms with E-state index in [-0.39, 0.29) is 29.7 Å². The number of carbonyl (C=O) groups is 3. The van der Waals surface area contributed by atoms with Crippen LogP contribution in [0.5, 0.6) is 5.75 Å². The van der Waals surface area contributed by atoms with Gasteiger partial charge in [-0.15, -0.1) is 0 Å². The lowest BCUT2D eigenvalue weighted by Crippen LogP contribution is -2.65. The highest BCUT2D eigenvalue weighted by atomic mass is 16.3. The summed E-state index contributed by atoms with van der Waals surface area (Å²) < 4.78 is 0. The zero-order valence-electron chi connectivity index (χ0n) is 22.9. The van der Waals surface area contributed by atoms with E-state index in [9.17, 15) is 39.9 Å². The summed E-state index contributed by atoms with van der Waals surface area (Å²) in [7, 11) is 3.10. The summed E-state index contributed by atoms with van der Waals surface area (Å²) in [6, 6.07) is 0.596. The van der Waals surface area contributed by atoms with Gasteiger partial charge in [0.15, 0.2) is 11.4 Å². The van der Waals surface area contributed by atoms with E-state index in [1.165, 1.54) is 4.90 Å². The molecule has 3 aliphatic carbocycles. The Bertz CT molecular complexity index is 1400. The summed E-state index contributed by atoms with van der Waals surface area (Å²) in [6.07, 6.45) is 0.128. The lowest BCUT2D eigenvalue weighted by molar-refractivity contribution is -0.153. The molecule has 0 bridgehead atoms. The summed E-state index contributed by atoms with van der Waals surface area (Å²) >= 11 is 0. The molecule has 0 spiro atoms. The second-order valence-corrected chi connectivity index (χ2v) is 11.8. The normalized spacial score (nSPS) is 27.5. The number of benzene rings is 1. The number of aliphatic hydroxyl groups excluding tert-OH is 3. The van der Waals surface area contributed by atoms with E-state index < -0.39 is 70.2 Å². The first-order valence-electron chi connectivity index (χ1n) is 12.7. The van der Waals surface area contributed by atoms with Crippen molar-refractivity contribution in [1.82, 2.24) is 4.90 Å². The van der Waals surface area contributed by atoms with Gasteiger partial charge in [0.1, 0.15) is 29.6 Å². The van der Waals surface area contributed by atoms with Crippen LogP contribution in [0.15, 0.2) is 28.0 Å². The number of aliphatic hydroxyl groups is 4. The van der Waals surface area contributed by atoms with E-state index in [1.54, 1.807) is 27.1 Å². The van der Waals surface area contributed by atoms with Gasteiger partial charge in [0.2, 0.25) is 5.78 Å². The zero-order valence-corrected chi connectivity index (χ0v) is 22.9. The van der Waals surface area contributed by atoms with Crippen molar-refractivity contribution in [3.8, 4) is 5.75 Å². The molecule has 0 heterocycles. The van der Waals surface area contributed by atoms with Crippen LogP contribution in [0.25, 0.3) is 5.76 Å². The maximum atomic E-state index is 14.0. The van der Waals surface area contributed by atoms with Gasteiger partial charge in [-0.2, -0.15) is 0 Å². The minimum atomic E-state index is -2.70. The van der Waals surface area contributed by atoms with Crippen LogP contribution in [-0.2, 0) is 26.2 Å². The zero-order chi connectivity index (χ0) is 29.4. The smallest absolute Gasteiger partial charge is 0.255 e. The molecule has 0 radical (unpaired) electrons. The Balaban J connectivity index is 2.05. The molecule has 11 nitrogen and oxygen atoms in total. The molecule has 1 fully saturated rings. The van der Waals surface area contributed by atoms with E-state index in [0.29, 0.717) is 22.4 Å². The number of carbonyl (C=O) groups excluding carboxylic acids is 3. The van der Waals surface area contributed by atoms with Crippen LogP contribution in [0.2, 0.25) is 0 Å². The Morgan fingerprint density at radius 2 is 1.82 bits per heavy atom. The molecule has 3 aliphatic rings. The highest BCUT2D eigenvalue weighted by Crippen LogP contribution is 2.54. The number of likely N-dealkylation sites (N-methyl/N-ethyl adjacent to an activating group) is 1. The number of phenolic OH excluding ortho intramolecular Hbond substituents is 1. The third kappa shape index (κ3) is 3.98. The van der Waals surface area contributed by atoms with E-state index >= 15 is 0 Å². The van der Waals surface area contributed by atoms with Crippen LogP contribution in [0, 0.1) is 11.8 Å². The van der Waals surface area contributed by atoms with Crippen molar-refractivity contribution < 1.29 is 39.9 Å². The summed E-state index contributed by atoms with van der Waals surface area (Å²) in [6.45, 7) is 6.80. The molecule has 0 aromatic heterocycles. The number of rotatable bonds is 4. The van der Waals surface area contributed by atoms with Gasteiger partial charge in [-0.25, -0.2) is 0 Å². The minimum Gasteiger partial charge on any atom is -0.508 e. The third-order valence-electron chi connectivity index (χ3n) is 8.23. The van der Waals surface area contributed by atoms with Gasteiger partial charge in [0.05, 0.1) is 11.6 Å². The van der Waals surface area contributed by atoms with E-state index in [4.69, 9.17) is 5.73 Å². The molecule has 7 N–H and O–H groups in total. The molecule has 1 amide bonds. The van der Waals surface area contributed by atoms with Gasteiger partial charge in [-0.05, 0) is 62.4 Å². The van der Waals surface area contributed by atoms with E-state index in [0.717, 1.165) is 0 Å². The molecule has 1 saturated carbocycles. The topological polar surface area (TPSA) is 194 Å². The summed E-state index contributed by atoms with van der Waals surface area (Å²) in [5, 5.41) is 55.1. The number of aromatic hydroxyl groups is 1. The van der Waals surface area contributed by atoms with Crippen LogP contribution >= 0.6 is 0 Å². The van der Waals surface area contributed by atoms with Crippen molar-refractivity contribution in [2.24, 2.45) is 22.6 Å². The quantitative estimate of drug-likeness (QED) is 0.238. The first-order valence-corrected chi connectivity index (χ1v) is 12.7. The van der Waals surface area contributed by atoms with E-state index in [1.807, 2.05) is 20.8 Å². The SMILES string of the molecule is C/C(=N/CO)c1cc(C(C)(C)C)c(O)c2c1C[C@H]1C[C@H]3[C@H](N(C)C)C(=O)C(C(N)=O)=C(O)[C@@]3(O)C(=O)C1=C2O. The van der Waals surface area contributed by atoms with Gasteiger partial charge in [0, 0.05) is 22.8 Å². The van der Waals surface area contributed by atoms with Crippen LogP contribution in [0.4, 0.5) is 0 Å². The Hall–Kier alpha value is -3.54. The monoisotopic (exact) mass is 541 g/mol. The van der Waals surface area contributed by atoms with Gasteiger partial charge in [-0.1, -0.05) is 20.8 Å². The first kappa shape index (κ1) is 28.5. The fraction of sp³-hybridized carbons (Fsp3) is 0.500. The molecule has 0 aliphatic heterocycles. The minimum absolute atomic E-state index is 0.00112. The van der Waals surface area contributed by atoms with Crippen molar-refractivity contribution in [3.63, 3.8) is 0 Å². The number of hydrogen-bond donors (Lipinski definition) is 6. The van der Waals surface area contributed by atoms with Crippen LogP contribution < -0.4 is 5.73 Å². The summed E-state index contributed by atoms with van der Waals surface area (Å²) in [4.78, 5) is 44.9. The molecule has 39 heavy (non-hydrogen) atoms. The number of nitrogens with zero attached hydrogens (tertiary/aromatic N) is 2. The maximum Gasteiger partial charge on any atom is 0.255 e. The Morgan fingerprint density at radius 3 is 2.33 bits per heavy atom. The van der Waals surface area contributed by atoms with Crippen LogP contribution in [0.3, 0.4) is 0 Å². The lowest BCUT2D eigenvalue weighted by atomic mass is 9.57. The first-order chi connectivity index (χ1) is 18.0. The summed E-state index contributed by atoms with van der Waals surface area (Å²) in [5.41, 5.74) is 3.00. The van der Waals surface area contributed by atoms with Crippen molar-refractivity contribution in [3.05, 3.63) is 45.2 Å². The molecule has 4 atom stereocenters. The number of primary amides is 1. The standard InChI is InChI=1S/C28H35N3O8/c1-11(30-10-32)13-9-16(27(2,3)4)21(33)18-14(13)7-12-8-15-20(31(5)6)23(35)19(26(29)38)25(37)28(15,39)24(36)17(12)22(18)34/h9,12,15,20,32-34,37,39H,7-8,10H2,1-6H3,(H2,29,38)/b30-11-/t12-,15-,20-,28-/m0/s1. The number of ketones is 2. The van der Waals surface area contributed by atoms with Gasteiger partial charge >= 0.3 is 0 Å². The average Bonchev–Trinajstić information content (AvgIpc) is 2.80. The number of amides is 1. The highest BCUT2D eigenvalue weighted by molar-refractivity contribution is 6.24. The fourth-order valence-corrected chi connectivity index (χ4v) is 6.40. The number of aliphatic imine (C=N–C) groups is 1. The highest BCUT2D eigenvalue weighted by Gasteiger charge is 2.64. The molecular formula is C28H35N3O8. The Morgan fingerprint density at radius 1 is 1.21 bits per heavy atom. The fourth-order valence-electron chi connectivity index (χ4n) is 6.40. The molecule has 4 rings (SSSR count). The lowest BCUT2D eigenvalue weighted by Gasteiger charge is -2.50.